The fraction of sp³-hybridized carbons (Fsp3) is 0.250. The van der Waals surface area contributed by atoms with Crippen LogP contribution in [0.15, 0.2) is 29.3 Å². The molecule has 10 heteroatoms. The normalized spacial score (nSPS) is 11.8. The maximum Gasteiger partial charge on any atom is 0.259 e. The van der Waals surface area contributed by atoms with E-state index in [0.717, 1.165) is 16.8 Å². The van der Waals surface area contributed by atoms with Crippen molar-refractivity contribution >= 4 is 28.1 Å². The number of nitrogens with one attached hydrogen (secondary N) is 2. The largest absolute Gasteiger partial charge is 0.343 e. The molecule has 0 spiro atoms. The SMILES string of the molecule is Cc1noc(-c2cn3ncnc(Nc4cnc5[nH]c(C)cc5c4F)c3c2C(C)C)n1. The Bertz CT molecular complexity index is 1400. The standard InChI is InChI=1S/C20H19FN8O/c1-9(2)15-13(20-26-11(4)28-30-20)7-29-17(15)19(23-8-24-29)27-14-6-22-18-12(16(14)21)5-10(3)25-18/h5-9H,1-4H3,(H,22,25)(H,23,24,27). The molecule has 152 valence electrons. The highest BCUT2D eigenvalue weighted by atomic mass is 19.1. The zero-order valence-corrected chi connectivity index (χ0v) is 16.9. The molecule has 0 bridgehead atoms. The molecule has 9 nitrogen and oxygen atoms in total. The van der Waals surface area contributed by atoms with E-state index in [1.807, 2.05) is 13.1 Å². The number of hydrogen-bond acceptors (Lipinski definition) is 7. The van der Waals surface area contributed by atoms with Gasteiger partial charge >= 0.3 is 0 Å². The molecule has 0 aliphatic carbocycles. The second-order valence-electron chi connectivity index (χ2n) is 7.49. The van der Waals surface area contributed by atoms with Crippen LogP contribution < -0.4 is 5.32 Å². The Morgan fingerprint density at radius 1 is 1.23 bits per heavy atom. The Kier molecular flexibility index (Phi) is 4.02. The van der Waals surface area contributed by atoms with Gasteiger partial charge in [-0.25, -0.2) is 18.9 Å². The predicted molar refractivity (Wildman–Crippen MR) is 109 cm³/mol. The van der Waals surface area contributed by atoms with Crippen molar-refractivity contribution in [1.82, 2.24) is 34.7 Å². The van der Waals surface area contributed by atoms with Crippen LogP contribution in [0.5, 0.6) is 0 Å². The molecule has 0 saturated heterocycles. The first-order valence-corrected chi connectivity index (χ1v) is 9.50. The molecule has 0 fully saturated rings. The third kappa shape index (κ3) is 2.79. The van der Waals surface area contributed by atoms with E-state index in [4.69, 9.17) is 4.52 Å². The summed E-state index contributed by atoms with van der Waals surface area (Å²) in [5.41, 5.74) is 3.98. The Labute approximate surface area is 170 Å². The van der Waals surface area contributed by atoms with Gasteiger partial charge in [0.2, 0.25) is 0 Å². The summed E-state index contributed by atoms with van der Waals surface area (Å²) in [4.78, 5) is 16.1. The van der Waals surface area contributed by atoms with Crippen LogP contribution in [-0.4, -0.2) is 34.7 Å². The highest BCUT2D eigenvalue weighted by molar-refractivity contribution is 5.86. The maximum absolute atomic E-state index is 15.1. The lowest BCUT2D eigenvalue weighted by Gasteiger charge is -2.11. The molecule has 0 saturated carbocycles. The Morgan fingerprint density at radius 3 is 2.80 bits per heavy atom. The van der Waals surface area contributed by atoms with E-state index in [9.17, 15) is 0 Å². The molecular formula is C20H19FN8O. The molecule has 0 atom stereocenters. The van der Waals surface area contributed by atoms with Crippen molar-refractivity contribution in [2.75, 3.05) is 5.32 Å². The zero-order chi connectivity index (χ0) is 21.0. The van der Waals surface area contributed by atoms with E-state index in [1.165, 1.54) is 12.5 Å². The van der Waals surface area contributed by atoms with Crippen molar-refractivity contribution in [1.29, 1.82) is 0 Å². The van der Waals surface area contributed by atoms with E-state index in [1.54, 1.807) is 17.5 Å². The average Bonchev–Trinajstić information content (AvgIpc) is 3.40. The molecule has 0 aliphatic rings. The smallest absolute Gasteiger partial charge is 0.259 e. The molecule has 0 amide bonds. The molecule has 0 aliphatic heterocycles. The molecule has 0 unspecified atom stereocenters. The van der Waals surface area contributed by atoms with E-state index in [2.05, 4.69) is 49.4 Å². The van der Waals surface area contributed by atoms with E-state index in [0.29, 0.717) is 34.1 Å². The van der Waals surface area contributed by atoms with E-state index in [-0.39, 0.29) is 11.6 Å². The van der Waals surface area contributed by atoms with Crippen LogP contribution in [0.2, 0.25) is 0 Å². The fourth-order valence-electron chi connectivity index (χ4n) is 3.68. The van der Waals surface area contributed by atoms with Crippen LogP contribution in [0, 0.1) is 19.7 Å². The number of halogens is 1. The molecule has 0 aromatic carbocycles. The summed E-state index contributed by atoms with van der Waals surface area (Å²) >= 11 is 0. The predicted octanol–water partition coefficient (Wildman–Crippen LogP) is 4.28. The van der Waals surface area contributed by atoms with Crippen LogP contribution >= 0.6 is 0 Å². The van der Waals surface area contributed by atoms with Gasteiger partial charge in [-0.15, -0.1) is 0 Å². The van der Waals surface area contributed by atoms with Gasteiger partial charge < -0.3 is 14.8 Å². The van der Waals surface area contributed by atoms with Gasteiger partial charge in [0.15, 0.2) is 17.5 Å². The Morgan fingerprint density at radius 2 is 2.07 bits per heavy atom. The van der Waals surface area contributed by atoms with Crippen LogP contribution in [0.1, 0.15) is 36.8 Å². The van der Waals surface area contributed by atoms with Gasteiger partial charge in [-0.3, -0.25) is 0 Å². The van der Waals surface area contributed by atoms with Gasteiger partial charge in [-0.1, -0.05) is 19.0 Å². The molecule has 2 N–H and O–H groups in total. The van der Waals surface area contributed by atoms with Crippen LogP contribution in [0.3, 0.4) is 0 Å². The first-order valence-electron chi connectivity index (χ1n) is 9.50. The highest BCUT2D eigenvalue weighted by Crippen LogP contribution is 2.37. The van der Waals surface area contributed by atoms with Crippen molar-refractivity contribution in [3.8, 4) is 11.5 Å². The van der Waals surface area contributed by atoms with Gasteiger partial charge in [-0.05, 0) is 31.4 Å². The minimum Gasteiger partial charge on any atom is -0.343 e. The number of fused-ring (bicyclic) bond motifs is 2. The van der Waals surface area contributed by atoms with Crippen molar-refractivity contribution in [3.05, 3.63) is 47.7 Å². The second kappa shape index (κ2) is 6.61. The second-order valence-corrected chi connectivity index (χ2v) is 7.49. The molecule has 30 heavy (non-hydrogen) atoms. The third-order valence-electron chi connectivity index (χ3n) is 4.93. The molecule has 5 heterocycles. The van der Waals surface area contributed by atoms with Crippen LogP contribution in [0.25, 0.3) is 28.0 Å². The Hall–Kier alpha value is -3.82. The molecular weight excluding hydrogens is 387 g/mol. The number of H-pyrrole nitrogens is 1. The molecule has 5 rings (SSSR count). The number of aryl methyl sites for hydroxylation is 2. The number of hydrogen-bond donors (Lipinski definition) is 2. The number of pyridine rings is 1. The fourth-order valence-corrected chi connectivity index (χ4v) is 3.68. The third-order valence-corrected chi connectivity index (χ3v) is 4.93. The van der Waals surface area contributed by atoms with Gasteiger partial charge in [0.25, 0.3) is 5.89 Å². The van der Waals surface area contributed by atoms with Gasteiger partial charge in [0.1, 0.15) is 17.5 Å². The summed E-state index contributed by atoms with van der Waals surface area (Å²) in [5.74, 6) is 1.11. The maximum atomic E-state index is 15.1. The van der Waals surface area contributed by atoms with Crippen molar-refractivity contribution in [3.63, 3.8) is 0 Å². The molecule has 5 aromatic heterocycles. The van der Waals surface area contributed by atoms with Gasteiger partial charge in [-0.2, -0.15) is 10.1 Å². The summed E-state index contributed by atoms with van der Waals surface area (Å²) < 4.78 is 22.2. The average molecular weight is 406 g/mol. The van der Waals surface area contributed by atoms with Gasteiger partial charge in [0, 0.05) is 11.9 Å². The number of rotatable bonds is 4. The summed E-state index contributed by atoms with van der Waals surface area (Å²) in [5, 5.41) is 11.7. The van der Waals surface area contributed by atoms with Crippen molar-refractivity contribution < 1.29 is 8.91 Å². The number of nitrogens with zero attached hydrogens (tertiary/aromatic N) is 6. The first-order chi connectivity index (χ1) is 14.4. The van der Waals surface area contributed by atoms with Crippen LogP contribution in [0.4, 0.5) is 15.9 Å². The topological polar surface area (TPSA) is 110 Å². The van der Waals surface area contributed by atoms with Gasteiger partial charge in [0.05, 0.1) is 22.8 Å². The lowest BCUT2D eigenvalue weighted by Crippen LogP contribution is -2.03. The summed E-state index contributed by atoms with van der Waals surface area (Å²) in [7, 11) is 0. The first kappa shape index (κ1) is 18.2. The minimum absolute atomic E-state index is 0.0986. The highest BCUT2D eigenvalue weighted by Gasteiger charge is 2.23. The summed E-state index contributed by atoms with van der Waals surface area (Å²) in [6, 6.07) is 1.73. The van der Waals surface area contributed by atoms with Crippen LogP contribution in [-0.2, 0) is 0 Å². The lowest BCUT2D eigenvalue weighted by atomic mass is 10.00. The number of aromatic nitrogens is 7. The quantitative estimate of drug-likeness (QED) is 0.458. The summed E-state index contributed by atoms with van der Waals surface area (Å²) in [6.07, 6.45) is 4.68. The monoisotopic (exact) mass is 406 g/mol. The van der Waals surface area contributed by atoms with Crippen molar-refractivity contribution in [2.24, 2.45) is 0 Å². The lowest BCUT2D eigenvalue weighted by molar-refractivity contribution is 0.425. The number of anilines is 2. The van der Waals surface area contributed by atoms with E-state index >= 15 is 4.39 Å². The van der Waals surface area contributed by atoms with E-state index < -0.39 is 5.82 Å². The number of aromatic amines is 1. The summed E-state index contributed by atoms with van der Waals surface area (Å²) in [6.45, 7) is 7.73. The Balaban J connectivity index is 1.68. The molecule has 0 radical (unpaired) electrons. The minimum atomic E-state index is -0.397. The zero-order valence-electron chi connectivity index (χ0n) is 16.9. The van der Waals surface area contributed by atoms with Crippen molar-refractivity contribution in [2.45, 2.75) is 33.6 Å². The molecule has 5 aromatic rings.